The molecule has 0 bridgehead atoms. The Hall–Kier alpha value is -2.84. The SMILES string of the molecule is Cc1cc(N[C@H](Cc2ccccc2)c2ccccc2)[nH+]c2cc(Cl)ccc12. The third-order valence-electron chi connectivity index (χ3n) is 4.85. The Morgan fingerprint density at radius 1 is 0.889 bits per heavy atom. The van der Waals surface area contributed by atoms with Crippen molar-refractivity contribution in [3.63, 3.8) is 0 Å². The molecule has 0 radical (unpaired) electrons. The lowest BCUT2D eigenvalue weighted by atomic mass is 9.98. The number of rotatable bonds is 5. The minimum atomic E-state index is 0.167. The number of aryl methyl sites for hydroxylation is 1. The van der Waals surface area contributed by atoms with E-state index < -0.39 is 0 Å². The van der Waals surface area contributed by atoms with Crippen LogP contribution in [0.2, 0.25) is 5.02 Å². The van der Waals surface area contributed by atoms with Gasteiger partial charge in [0, 0.05) is 29.0 Å². The van der Waals surface area contributed by atoms with E-state index in [1.165, 1.54) is 22.1 Å². The van der Waals surface area contributed by atoms with Gasteiger partial charge in [0.2, 0.25) is 0 Å². The summed E-state index contributed by atoms with van der Waals surface area (Å²) in [5.74, 6) is 0.993. The van der Waals surface area contributed by atoms with Crippen LogP contribution < -0.4 is 10.3 Å². The maximum atomic E-state index is 6.19. The second-order valence-corrected chi connectivity index (χ2v) is 7.29. The monoisotopic (exact) mass is 373 g/mol. The molecule has 1 atom stereocenters. The fraction of sp³-hybridized carbons (Fsp3) is 0.125. The van der Waals surface area contributed by atoms with Gasteiger partial charge in [-0.1, -0.05) is 72.3 Å². The standard InChI is InChI=1S/C24H21ClN2/c1-17-14-24(27-23-16-20(25)12-13-21(17)23)26-22(19-10-6-3-7-11-19)15-18-8-4-2-5-9-18/h2-14,16,22H,15H2,1H3,(H,26,27)/p+1/t22-/m1/s1. The number of benzene rings is 3. The zero-order valence-electron chi connectivity index (χ0n) is 15.2. The molecular weight excluding hydrogens is 352 g/mol. The van der Waals surface area contributed by atoms with Gasteiger partial charge in [-0.05, 0) is 35.7 Å². The van der Waals surface area contributed by atoms with Crippen LogP contribution in [0.15, 0.2) is 84.9 Å². The molecule has 1 heterocycles. The highest BCUT2D eigenvalue weighted by atomic mass is 35.5. The topological polar surface area (TPSA) is 26.2 Å². The van der Waals surface area contributed by atoms with Crippen LogP contribution in [0.3, 0.4) is 0 Å². The van der Waals surface area contributed by atoms with Crippen molar-refractivity contribution in [2.75, 3.05) is 5.32 Å². The average Bonchev–Trinajstić information content (AvgIpc) is 2.68. The highest BCUT2D eigenvalue weighted by Crippen LogP contribution is 2.25. The number of fused-ring (bicyclic) bond motifs is 1. The first-order valence-electron chi connectivity index (χ1n) is 9.16. The molecule has 4 rings (SSSR count). The van der Waals surface area contributed by atoms with Crippen molar-refractivity contribution in [2.24, 2.45) is 0 Å². The van der Waals surface area contributed by atoms with Crippen molar-refractivity contribution >= 4 is 28.3 Å². The Balaban J connectivity index is 1.70. The number of hydrogen-bond acceptors (Lipinski definition) is 1. The van der Waals surface area contributed by atoms with E-state index in [4.69, 9.17) is 11.6 Å². The number of halogens is 1. The zero-order chi connectivity index (χ0) is 18.6. The number of nitrogens with one attached hydrogen (secondary N) is 2. The van der Waals surface area contributed by atoms with E-state index in [-0.39, 0.29) is 6.04 Å². The van der Waals surface area contributed by atoms with Gasteiger partial charge in [-0.3, -0.25) is 5.32 Å². The summed E-state index contributed by atoms with van der Waals surface area (Å²) in [4.78, 5) is 3.50. The molecule has 0 fully saturated rings. The fourth-order valence-electron chi connectivity index (χ4n) is 3.49. The first-order valence-corrected chi connectivity index (χ1v) is 9.54. The van der Waals surface area contributed by atoms with Gasteiger partial charge in [0.05, 0.1) is 0 Å². The van der Waals surface area contributed by atoms with Crippen molar-refractivity contribution in [2.45, 2.75) is 19.4 Å². The molecule has 1 aromatic heterocycles. The van der Waals surface area contributed by atoms with E-state index in [0.29, 0.717) is 0 Å². The largest absolute Gasteiger partial charge is 0.273 e. The van der Waals surface area contributed by atoms with E-state index in [2.05, 4.69) is 90.0 Å². The van der Waals surface area contributed by atoms with Gasteiger partial charge >= 0.3 is 0 Å². The Kier molecular flexibility index (Phi) is 5.08. The van der Waals surface area contributed by atoms with Crippen LogP contribution in [-0.2, 0) is 6.42 Å². The third kappa shape index (κ3) is 4.12. The maximum absolute atomic E-state index is 6.19. The number of hydrogen-bond donors (Lipinski definition) is 1. The van der Waals surface area contributed by atoms with Crippen molar-refractivity contribution in [1.29, 1.82) is 0 Å². The molecule has 27 heavy (non-hydrogen) atoms. The quantitative estimate of drug-likeness (QED) is 0.455. The fourth-order valence-corrected chi connectivity index (χ4v) is 3.66. The summed E-state index contributed by atoms with van der Waals surface area (Å²) in [6, 6.07) is 29.5. The molecule has 134 valence electrons. The van der Waals surface area contributed by atoms with E-state index >= 15 is 0 Å². The Labute approximate surface area is 164 Å². The summed E-state index contributed by atoms with van der Waals surface area (Å²) in [5, 5.41) is 5.62. The molecular formula is C24H22ClN2+. The van der Waals surface area contributed by atoms with Crippen LogP contribution in [0, 0.1) is 6.92 Å². The van der Waals surface area contributed by atoms with Crippen molar-refractivity contribution in [3.8, 4) is 0 Å². The number of aromatic nitrogens is 1. The van der Waals surface area contributed by atoms with Gasteiger partial charge in [0.1, 0.15) is 11.6 Å². The molecule has 0 saturated heterocycles. The first-order chi connectivity index (χ1) is 13.2. The Morgan fingerprint density at radius 2 is 1.59 bits per heavy atom. The normalized spacial score (nSPS) is 12.1. The van der Waals surface area contributed by atoms with Gasteiger partial charge in [0.15, 0.2) is 0 Å². The molecule has 2 N–H and O–H groups in total. The molecule has 0 unspecified atom stereocenters. The number of anilines is 1. The van der Waals surface area contributed by atoms with Crippen LogP contribution >= 0.6 is 11.6 Å². The van der Waals surface area contributed by atoms with Crippen molar-refractivity contribution in [3.05, 3.63) is 107 Å². The summed E-state index contributed by atoms with van der Waals surface area (Å²) < 4.78 is 0. The third-order valence-corrected chi connectivity index (χ3v) is 5.09. The molecule has 0 aliphatic carbocycles. The van der Waals surface area contributed by atoms with Crippen LogP contribution in [0.5, 0.6) is 0 Å². The highest BCUT2D eigenvalue weighted by molar-refractivity contribution is 6.31. The average molecular weight is 374 g/mol. The van der Waals surface area contributed by atoms with Crippen LogP contribution in [-0.4, -0.2) is 0 Å². The minimum absolute atomic E-state index is 0.167. The van der Waals surface area contributed by atoms with E-state index in [1.807, 2.05) is 12.1 Å². The summed E-state index contributed by atoms with van der Waals surface area (Å²) >= 11 is 6.19. The second kappa shape index (κ2) is 7.81. The molecule has 3 aromatic carbocycles. The Bertz CT molecular complexity index is 1050. The first kappa shape index (κ1) is 17.6. The van der Waals surface area contributed by atoms with Crippen LogP contribution in [0.1, 0.15) is 22.7 Å². The smallest absolute Gasteiger partial charge is 0.267 e. The molecule has 0 aliphatic rings. The van der Waals surface area contributed by atoms with Crippen LogP contribution in [0.25, 0.3) is 10.9 Å². The minimum Gasteiger partial charge on any atom is -0.267 e. The lowest BCUT2D eigenvalue weighted by molar-refractivity contribution is -0.327. The van der Waals surface area contributed by atoms with Crippen molar-refractivity contribution in [1.82, 2.24) is 0 Å². The predicted molar refractivity (Wildman–Crippen MR) is 113 cm³/mol. The summed E-state index contributed by atoms with van der Waals surface area (Å²) in [6.07, 6.45) is 0.908. The highest BCUT2D eigenvalue weighted by Gasteiger charge is 2.19. The summed E-state index contributed by atoms with van der Waals surface area (Å²) in [5.41, 5.74) is 4.82. The summed E-state index contributed by atoms with van der Waals surface area (Å²) in [6.45, 7) is 2.13. The van der Waals surface area contributed by atoms with E-state index in [1.54, 1.807) is 0 Å². The van der Waals surface area contributed by atoms with Crippen molar-refractivity contribution < 1.29 is 4.98 Å². The molecule has 0 amide bonds. The number of pyridine rings is 1. The van der Waals surface area contributed by atoms with Gasteiger partial charge in [0.25, 0.3) is 5.82 Å². The molecule has 0 aliphatic heterocycles. The molecule has 0 spiro atoms. The van der Waals surface area contributed by atoms with Gasteiger partial charge < -0.3 is 0 Å². The molecule has 0 saturated carbocycles. The van der Waals surface area contributed by atoms with Crippen LogP contribution in [0.4, 0.5) is 5.82 Å². The summed E-state index contributed by atoms with van der Waals surface area (Å²) in [7, 11) is 0. The molecule has 2 nitrogen and oxygen atoms in total. The zero-order valence-corrected chi connectivity index (χ0v) is 16.0. The lowest BCUT2D eigenvalue weighted by Crippen LogP contribution is -2.20. The maximum Gasteiger partial charge on any atom is 0.273 e. The molecule has 4 aromatic rings. The number of aromatic amines is 1. The second-order valence-electron chi connectivity index (χ2n) is 6.85. The van der Waals surface area contributed by atoms with E-state index in [0.717, 1.165) is 22.8 Å². The molecule has 3 heteroatoms. The van der Waals surface area contributed by atoms with E-state index in [9.17, 15) is 0 Å². The lowest BCUT2D eigenvalue weighted by Gasteiger charge is -2.16. The Morgan fingerprint density at radius 3 is 2.33 bits per heavy atom. The predicted octanol–water partition coefficient (Wildman–Crippen LogP) is 6.01. The van der Waals surface area contributed by atoms with Gasteiger partial charge in [-0.15, -0.1) is 0 Å². The van der Waals surface area contributed by atoms with Gasteiger partial charge in [-0.25, -0.2) is 4.98 Å². The van der Waals surface area contributed by atoms with Gasteiger partial charge in [-0.2, -0.15) is 0 Å². The number of H-pyrrole nitrogens is 1.